The van der Waals surface area contributed by atoms with Crippen molar-refractivity contribution >= 4 is 5.91 Å². The molecule has 0 bridgehead atoms. The third-order valence-electron chi connectivity index (χ3n) is 3.72. The van der Waals surface area contributed by atoms with E-state index in [1.54, 1.807) is 0 Å². The van der Waals surface area contributed by atoms with Gasteiger partial charge in [0.15, 0.2) is 0 Å². The maximum absolute atomic E-state index is 12.2. The predicted molar refractivity (Wildman–Crippen MR) is 64.3 cm³/mol. The quantitative estimate of drug-likeness (QED) is 0.734. The molecule has 2 aliphatic heterocycles. The summed E-state index contributed by atoms with van der Waals surface area (Å²) in [6.07, 6.45) is 2.35. The second kappa shape index (κ2) is 5.15. The first-order valence-electron chi connectivity index (χ1n) is 6.44. The first kappa shape index (κ1) is 11.9. The van der Waals surface area contributed by atoms with Crippen LogP contribution in [0.1, 0.15) is 26.7 Å². The van der Waals surface area contributed by atoms with E-state index in [1.807, 2.05) is 4.90 Å². The van der Waals surface area contributed by atoms with Gasteiger partial charge in [0.25, 0.3) is 0 Å². The van der Waals surface area contributed by atoms with E-state index in [2.05, 4.69) is 24.1 Å². The number of carbonyl (C=O) groups excluding carboxylic acids is 1. The molecule has 2 rings (SSSR count). The number of carbonyl (C=O) groups is 1. The Balaban J connectivity index is 1.89. The van der Waals surface area contributed by atoms with Gasteiger partial charge in [-0.25, -0.2) is 0 Å². The molecule has 4 nitrogen and oxygen atoms in total. The van der Waals surface area contributed by atoms with E-state index in [1.165, 1.54) is 12.8 Å². The summed E-state index contributed by atoms with van der Waals surface area (Å²) >= 11 is 0. The summed E-state index contributed by atoms with van der Waals surface area (Å²) in [5, 5.41) is 3.41. The third-order valence-corrected chi connectivity index (χ3v) is 3.72. The van der Waals surface area contributed by atoms with Crippen LogP contribution in [0.4, 0.5) is 0 Å². The Kier molecular flexibility index (Phi) is 3.82. The Morgan fingerprint density at radius 3 is 2.62 bits per heavy atom. The number of nitrogens with zero attached hydrogens (tertiary/aromatic N) is 2. The third kappa shape index (κ3) is 2.55. The molecule has 2 aliphatic rings. The Morgan fingerprint density at radius 1 is 1.31 bits per heavy atom. The van der Waals surface area contributed by atoms with Crippen LogP contribution in [0.5, 0.6) is 0 Å². The molecule has 0 aromatic heterocycles. The van der Waals surface area contributed by atoms with Gasteiger partial charge in [-0.15, -0.1) is 0 Å². The molecule has 1 unspecified atom stereocenters. The molecule has 0 radical (unpaired) electrons. The summed E-state index contributed by atoms with van der Waals surface area (Å²) < 4.78 is 0. The second-order valence-corrected chi connectivity index (χ2v) is 5.06. The maximum atomic E-state index is 12.2. The zero-order chi connectivity index (χ0) is 11.5. The van der Waals surface area contributed by atoms with E-state index < -0.39 is 0 Å². The Hall–Kier alpha value is -0.610. The van der Waals surface area contributed by atoms with Crippen molar-refractivity contribution in [2.45, 2.75) is 38.8 Å². The van der Waals surface area contributed by atoms with Gasteiger partial charge < -0.3 is 10.2 Å². The molecule has 1 N–H and O–H groups in total. The molecule has 92 valence electrons. The first-order valence-corrected chi connectivity index (χ1v) is 6.44. The molecule has 2 heterocycles. The standard InChI is InChI=1S/C12H23N3O/c1-10-9-15(8-5-13-10)11(2)12(16)14-6-3-4-7-14/h10-11,13H,3-9H2,1-2H3/t10-,11?/m1/s1. The lowest BCUT2D eigenvalue weighted by atomic mass is 10.1. The minimum atomic E-state index is 0.0580. The Bertz CT molecular complexity index is 251. The minimum absolute atomic E-state index is 0.0580. The minimum Gasteiger partial charge on any atom is -0.341 e. The fourth-order valence-corrected chi connectivity index (χ4v) is 2.67. The zero-order valence-electron chi connectivity index (χ0n) is 10.4. The van der Waals surface area contributed by atoms with E-state index in [9.17, 15) is 4.79 Å². The Morgan fingerprint density at radius 2 is 2.00 bits per heavy atom. The average Bonchev–Trinajstić information content (AvgIpc) is 2.80. The lowest BCUT2D eigenvalue weighted by molar-refractivity contribution is -0.135. The van der Waals surface area contributed by atoms with Gasteiger partial charge in [0, 0.05) is 38.8 Å². The van der Waals surface area contributed by atoms with Crippen LogP contribution >= 0.6 is 0 Å². The van der Waals surface area contributed by atoms with Crippen LogP contribution in [-0.2, 0) is 4.79 Å². The predicted octanol–water partition coefficient (Wildman–Crippen LogP) is 0.291. The second-order valence-electron chi connectivity index (χ2n) is 5.06. The van der Waals surface area contributed by atoms with Gasteiger partial charge in [-0.2, -0.15) is 0 Å². The topological polar surface area (TPSA) is 35.6 Å². The molecule has 1 amide bonds. The highest BCUT2D eigenvalue weighted by Crippen LogP contribution is 2.13. The summed E-state index contributed by atoms with van der Waals surface area (Å²) in [6, 6.07) is 0.560. The number of piperazine rings is 1. The van der Waals surface area contributed by atoms with Gasteiger partial charge in [-0.3, -0.25) is 9.69 Å². The highest BCUT2D eigenvalue weighted by molar-refractivity contribution is 5.81. The number of rotatable bonds is 2. The SMILES string of the molecule is CC(C(=O)N1CCCC1)N1CCN[C@H](C)C1. The molecule has 2 saturated heterocycles. The van der Waals surface area contributed by atoms with Crippen molar-refractivity contribution < 1.29 is 4.79 Å². The fraction of sp³-hybridized carbons (Fsp3) is 0.917. The normalized spacial score (nSPS) is 29.4. The van der Waals surface area contributed by atoms with Gasteiger partial charge >= 0.3 is 0 Å². The van der Waals surface area contributed by atoms with Crippen LogP contribution in [0.25, 0.3) is 0 Å². The molecular formula is C12H23N3O. The number of nitrogens with one attached hydrogen (secondary N) is 1. The van der Waals surface area contributed by atoms with Gasteiger partial charge in [0.1, 0.15) is 0 Å². The summed E-state index contributed by atoms with van der Waals surface area (Å²) in [7, 11) is 0. The van der Waals surface area contributed by atoms with Crippen molar-refractivity contribution in [3.63, 3.8) is 0 Å². The summed E-state index contributed by atoms with van der Waals surface area (Å²) in [5.41, 5.74) is 0. The molecule has 2 fully saturated rings. The molecule has 4 heteroatoms. The van der Waals surface area contributed by atoms with Crippen LogP contribution in [0.15, 0.2) is 0 Å². The van der Waals surface area contributed by atoms with Crippen molar-refractivity contribution in [1.29, 1.82) is 0 Å². The van der Waals surface area contributed by atoms with Crippen LogP contribution in [-0.4, -0.2) is 60.5 Å². The number of amides is 1. The average molecular weight is 225 g/mol. The molecule has 0 saturated carbocycles. The van der Waals surface area contributed by atoms with E-state index in [0.717, 1.165) is 32.7 Å². The van der Waals surface area contributed by atoms with Gasteiger partial charge in [0.05, 0.1) is 6.04 Å². The van der Waals surface area contributed by atoms with Gasteiger partial charge in [-0.05, 0) is 26.7 Å². The molecule has 2 atom stereocenters. The number of hydrogen-bond donors (Lipinski definition) is 1. The first-order chi connectivity index (χ1) is 7.68. The van der Waals surface area contributed by atoms with Crippen LogP contribution < -0.4 is 5.32 Å². The van der Waals surface area contributed by atoms with Crippen molar-refractivity contribution in [3.05, 3.63) is 0 Å². The molecule has 0 aliphatic carbocycles. The molecule has 0 aromatic carbocycles. The van der Waals surface area contributed by atoms with E-state index >= 15 is 0 Å². The summed E-state index contributed by atoms with van der Waals surface area (Å²) in [4.78, 5) is 16.5. The smallest absolute Gasteiger partial charge is 0.239 e. The lowest BCUT2D eigenvalue weighted by Crippen LogP contribution is -2.56. The van der Waals surface area contributed by atoms with Gasteiger partial charge in [-0.1, -0.05) is 0 Å². The van der Waals surface area contributed by atoms with E-state index in [0.29, 0.717) is 11.9 Å². The van der Waals surface area contributed by atoms with E-state index in [-0.39, 0.29) is 6.04 Å². The van der Waals surface area contributed by atoms with Crippen LogP contribution in [0, 0.1) is 0 Å². The summed E-state index contributed by atoms with van der Waals surface area (Å²) in [5.74, 6) is 0.326. The van der Waals surface area contributed by atoms with Crippen molar-refractivity contribution in [2.24, 2.45) is 0 Å². The molecule has 0 aromatic rings. The fourth-order valence-electron chi connectivity index (χ4n) is 2.67. The number of hydrogen-bond acceptors (Lipinski definition) is 3. The highest BCUT2D eigenvalue weighted by Gasteiger charge is 2.29. The molecule has 0 spiro atoms. The van der Waals surface area contributed by atoms with Crippen molar-refractivity contribution in [1.82, 2.24) is 15.1 Å². The van der Waals surface area contributed by atoms with Gasteiger partial charge in [0.2, 0.25) is 5.91 Å². The van der Waals surface area contributed by atoms with Crippen LogP contribution in [0.3, 0.4) is 0 Å². The van der Waals surface area contributed by atoms with Crippen molar-refractivity contribution in [2.75, 3.05) is 32.7 Å². The monoisotopic (exact) mass is 225 g/mol. The lowest BCUT2D eigenvalue weighted by Gasteiger charge is -2.36. The molecule has 16 heavy (non-hydrogen) atoms. The maximum Gasteiger partial charge on any atom is 0.239 e. The molecular weight excluding hydrogens is 202 g/mol. The largest absolute Gasteiger partial charge is 0.341 e. The summed E-state index contributed by atoms with van der Waals surface area (Å²) in [6.45, 7) is 9.14. The zero-order valence-corrected chi connectivity index (χ0v) is 10.4. The Labute approximate surface area is 98.0 Å². The van der Waals surface area contributed by atoms with Crippen LogP contribution in [0.2, 0.25) is 0 Å². The number of likely N-dealkylation sites (tertiary alicyclic amines) is 1. The highest BCUT2D eigenvalue weighted by atomic mass is 16.2. The van der Waals surface area contributed by atoms with Crippen molar-refractivity contribution in [3.8, 4) is 0 Å². The van der Waals surface area contributed by atoms with E-state index in [4.69, 9.17) is 0 Å².